The molecule has 0 radical (unpaired) electrons. The van der Waals surface area contributed by atoms with Crippen LogP contribution in [-0.4, -0.2) is 43.6 Å². The zero-order valence-electron chi connectivity index (χ0n) is 15.1. The largest absolute Gasteiger partial charge is 0.466 e. The molecule has 0 bridgehead atoms. The highest BCUT2D eigenvalue weighted by Crippen LogP contribution is 2.46. The van der Waals surface area contributed by atoms with Crippen LogP contribution in [-0.2, 0) is 31.0 Å². The molecule has 1 aliphatic rings. The van der Waals surface area contributed by atoms with E-state index in [1.54, 1.807) is 13.8 Å². The fourth-order valence-corrected chi connectivity index (χ4v) is 3.86. The van der Waals surface area contributed by atoms with Gasteiger partial charge in [0.1, 0.15) is 0 Å². The van der Waals surface area contributed by atoms with Crippen molar-refractivity contribution in [3.63, 3.8) is 0 Å². The quantitative estimate of drug-likeness (QED) is 0.660. The molecule has 0 heterocycles. The maximum Gasteiger partial charge on any atom is 0.308 e. The van der Waals surface area contributed by atoms with Crippen LogP contribution in [0.25, 0.3) is 0 Å². The van der Waals surface area contributed by atoms with Crippen LogP contribution in [0.3, 0.4) is 0 Å². The summed E-state index contributed by atoms with van der Waals surface area (Å²) in [5, 5.41) is 0.724. The first-order valence-electron chi connectivity index (χ1n) is 8.75. The van der Waals surface area contributed by atoms with Gasteiger partial charge in [0, 0.05) is 11.6 Å². The Morgan fingerprint density at radius 1 is 1.20 bits per heavy atom. The first-order valence-corrected chi connectivity index (χ1v) is 9.12. The number of hydrogen-bond donors (Lipinski definition) is 0. The van der Waals surface area contributed by atoms with Crippen molar-refractivity contribution in [3.8, 4) is 0 Å². The number of hydrogen-bond acceptors (Lipinski definition) is 5. The van der Waals surface area contributed by atoms with E-state index in [0.717, 1.165) is 29.0 Å². The molecule has 0 amide bonds. The number of nitrogens with zero attached hydrogens (tertiary/aromatic N) is 1. The lowest BCUT2D eigenvalue weighted by Gasteiger charge is -2.39. The van der Waals surface area contributed by atoms with E-state index in [0.29, 0.717) is 19.8 Å². The normalized spacial score (nSPS) is 18.9. The Morgan fingerprint density at radius 2 is 1.88 bits per heavy atom. The van der Waals surface area contributed by atoms with Crippen molar-refractivity contribution in [3.05, 3.63) is 34.3 Å². The first-order chi connectivity index (χ1) is 11.9. The third-order valence-electron chi connectivity index (χ3n) is 4.84. The zero-order valence-corrected chi connectivity index (χ0v) is 15.9. The summed E-state index contributed by atoms with van der Waals surface area (Å²) in [6.07, 6.45) is 2.10. The van der Waals surface area contributed by atoms with Crippen LogP contribution in [0.2, 0.25) is 5.02 Å². The molecule has 0 saturated carbocycles. The van der Waals surface area contributed by atoms with E-state index in [9.17, 15) is 9.59 Å². The van der Waals surface area contributed by atoms with Gasteiger partial charge in [-0.15, -0.1) is 0 Å². The number of halogens is 1. The summed E-state index contributed by atoms with van der Waals surface area (Å²) >= 11 is 6.36. The first kappa shape index (κ1) is 19.7. The summed E-state index contributed by atoms with van der Waals surface area (Å²) in [6.45, 7) is 4.82. The van der Waals surface area contributed by atoms with Crippen molar-refractivity contribution in [1.29, 1.82) is 0 Å². The van der Waals surface area contributed by atoms with Crippen molar-refractivity contribution >= 4 is 23.5 Å². The number of carbonyl (C=O) groups excluding carboxylic acids is 2. The van der Waals surface area contributed by atoms with Gasteiger partial charge in [-0.3, -0.25) is 14.5 Å². The lowest BCUT2D eigenvalue weighted by Crippen LogP contribution is -2.45. The third kappa shape index (κ3) is 4.33. The molecule has 0 aromatic heterocycles. The number of ether oxygens (including phenoxy) is 2. The van der Waals surface area contributed by atoms with E-state index in [1.165, 1.54) is 0 Å². The SMILES string of the molecule is CCOC(=O)CCN(C)C1(CC(=O)OCC)CCc2c(Cl)cccc21. The lowest BCUT2D eigenvalue weighted by atomic mass is 9.86. The molecule has 1 unspecified atom stereocenters. The molecule has 5 nitrogen and oxygen atoms in total. The summed E-state index contributed by atoms with van der Waals surface area (Å²) in [7, 11) is 1.94. The topological polar surface area (TPSA) is 55.8 Å². The number of rotatable bonds is 8. The van der Waals surface area contributed by atoms with E-state index < -0.39 is 5.54 Å². The van der Waals surface area contributed by atoms with Gasteiger partial charge in [0.15, 0.2) is 0 Å². The van der Waals surface area contributed by atoms with Crippen LogP contribution in [0.15, 0.2) is 18.2 Å². The van der Waals surface area contributed by atoms with E-state index in [-0.39, 0.29) is 24.8 Å². The second-order valence-corrected chi connectivity index (χ2v) is 6.66. The summed E-state index contributed by atoms with van der Waals surface area (Å²) in [4.78, 5) is 26.1. The standard InChI is InChI=1S/C19H26ClNO4/c1-4-24-17(22)10-12-21(3)19(13-18(23)25-5-2)11-9-14-15(19)7-6-8-16(14)20/h6-8H,4-5,9-13H2,1-3H3. The van der Waals surface area contributed by atoms with Crippen LogP contribution in [0.1, 0.15) is 44.2 Å². The molecule has 138 valence electrons. The minimum absolute atomic E-state index is 0.232. The second kappa shape index (κ2) is 8.68. The predicted molar refractivity (Wildman–Crippen MR) is 96.6 cm³/mol. The molecule has 0 N–H and O–H groups in total. The molecule has 1 aromatic carbocycles. The molecule has 0 saturated heterocycles. The van der Waals surface area contributed by atoms with Crippen LogP contribution < -0.4 is 0 Å². The van der Waals surface area contributed by atoms with Gasteiger partial charge in [-0.1, -0.05) is 23.7 Å². The number of esters is 2. The minimum atomic E-state index is -0.501. The predicted octanol–water partition coefficient (Wildman–Crippen LogP) is 3.32. The summed E-state index contributed by atoms with van der Waals surface area (Å²) in [5.41, 5.74) is 1.63. The molecule has 1 atom stereocenters. The van der Waals surface area contributed by atoms with Gasteiger partial charge in [0.05, 0.1) is 31.6 Å². The molecule has 6 heteroatoms. The molecule has 0 spiro atoms. The highest BCUT2D eigenvalue weighted by atomic mass is 35.5. The van der Waals surface area contributed by atoms with Crippen LogP contribution >= 0.6 is 11.6 Å². The van der Waals surface area contributed by atoms with Crippen molar-refractivity contribution in [2.45, 2.75) is 45.1 Å². The molecular formula is C19H26ClNO4. The summed E-state index contributed by atoms with van der Waals surface area (Å²) in [6, 6.07) is 5.80. The summed E-state index contributed by atoms with van der Waals surface area (Å²) in [5.74, 6) is -0.469. The van der Waals surface area contributed by atoms with E-state index in [2.05, 4.69) is 4.90 Å². The van der Waals surface area contributed by atoms with E-state index in [4.69, 9.17) is 21.1 Å². The lowest BCUT2D eigenvalue weighted by molar-refractivity contribution is -0.147. The van der Waals surface area contributed by atoms with Crippen LogP contribution in [0, 0.1) is 0 Å². The Labute approximate surface area is 154 Å². The van der Waals surface area contributed by atoms with Crippen LogP contribution in [0.5, 0.6) is 0 Å². The van der Waals surface area contributed by atoms with E-state index in [1.807, 2.05) is 25.2 Å². The van der Waals surface area contributed by atoms with Gasteiger partial charge in [-0.2, -0.15) is 0 Å². The van der Waals surface area contributed by atoms with Gasteiger partial charge in [-0.05, 0) is 50.9 Å². The zero-order chi connectivity index (χ0) is 18.4. The Kier molecular flexibility index (Phi) is 6.85. The van der Waals surface area contributed by atoms with Gasteiger partial charge in [0.25, 0.3) is 0 Å². The van der Waals surface area contributed by atoms with Gasteiger partial charge in [0.2, 0.25) is 0 Å². The number of benzene rings is 1. The molecule has 1 aliphatic carbocycles. The Morgan fingerprint density at radius 3 is 2.56 bits per heavy atom. The number of carbonyl (C=O) groups is 2. The Hall–Kier alpha value is -1.59. The van der Waals surface area contributed by atoms with Gasteiger partial charge in [-0.25, -0.2) is 0 Å². The smallest absolute Gasteiger partial charge is 0.308 e. The minimum Gasteiger partial charge on any atom is -0.466 e. The highest BCUT2D eigenvalue weighted by molar-refractivity contribution is 6.31. The molecule has 1 aromatic rings. The number of fused-ring (bicyclic) bond motifs is 1. The van der Waals surface area contributed by atoms with Crippen molar-refractivity contribution in [1.82, 2.24) is 4.90 Å². The van der Waals surface area contributed by atoms with Gasteiger partial charge < -0.3 is 9.47 Å². The van der Waals surface area contributed by atoms with E-state index >= 15 is 0 Å². The van der Waals surface area contributed by atoms with Crippen LogP contribution in [0.4, 0.5) is 0 Å². The summed E-state index contributed by atoms with van der Waals surface area (Å²) < 4.78 is 10.2. The third-order valence-corrected chi connectivity index (χ3v) is 5.19. The molecule has 0 aliphatic heterocycles. The maximum absolute atomic E-state index is 12.3. The van der Waals surface area contributed by atoms with Crippen molar-refractivity contribution < 1.29 is 19.1 Å². The average molecular weight is 368 g/mol. The fourth-order valence-electron chi connectivity index (χ4n) is 3.59. The maximum atomic E-state index is 12.3. The average Bonchev–Trinajstić information content (AvgIpc) is 2.94. The fraction of sp³-hybridized carbons (Fsp3) is 0.579. The Balaban J connectivity index is 2.27. The molecule has 25 heavy (non-hydrogen) atoms. The molecule has 0 fully saturated rings. The van der Waals surface area contributed by atoms with Crippen molar-refractivity contribution in [2.24, 2.45) is 0 Å². The van der Waals surface area contributed by atoms with Gasteiger partial charge >= 0.3 is 11.9 Å². The second-order valence-electron chi connectivity index (χ2n) is 6.26. The molecular weight excluding hydrogens is 342 g/mol. The molecule has 2 rings (SSSR count). The monoisotopic (exact) mass is 367 g/mol. The van der Waals surface area contributed by atoms with Crippen molar-refractivity contribution in [2.75, 3.05) is 26.8 Å². The Bertz CT molecular complexity index is 634. The highest BCUT2D eigenvalue weighted by Gasteiger charge is 2.44.